The van der Waals surface area contributed by atoms with E-state index in [4.69, 9.17) is 0 Å². The van der Waals surface area contributed by atoms with Gasteiger partial charge in [0.05, 0.1) is 18.1 Å². The van der Waals surface area contributed by atoms with Gasteiger partial charge in [0, 0.05) is 38.4 Å². The second-order valence-corrected chi connectivity index (χ2v) is 6.32. The largest absolute Gasteiger partial charge is 0.353 e. The topological polar surface area (TPSA) is 106 Å². The van der Waals surface area contributed by atoms with Gasteiger partial charge >= 0.3 is 0 Å². The molecule has 1 saturated heterocycles. The van der Waals surface area contributed by atoms with E-state index in [1.807, 2.05) is 25.3 Å². The van der Waals surface area contributed by atoms with Crippen molar-refractivity contribution in [2.24, 2.45) is 0 Å². The monoisotopic (exact) mass is 363 g/mol. The zero-order valence-electron chi connectivity index (χ0n) is 14.7. The number of nitrogens with zero attached hydrogens (tertiary/aromatic N) is 11. The Bertz CT molecular complexity index is 1080. The predicted octanol–water partition coefficient (Wildman–Crippen LogP) is 0.130. The second kappa shape index (κ2) is 6.27. The molecule has 1 aliphatic heterocycles. The van der Waals surface area contributed by atoms with Crippen LogP contribution in [0.25, 0.3) is 11.5 Å². The maximum absolute atomic E-state index is 4.44. The first kappa shape index (κ1) is 15.6. The Morgan fingerprint density at radius 2 is 1.78 bits per heavy atom. The number of hydrogen-bond acceptors (Lipinski definition) is 9. The molecule has 0 aromatic carbocycles. The van der Waals surface area contributed by atoms with Gasteiger partial charge in [-0.1, -0.05) is 0 Å². The van der Waals surface area contributed by atoms with Crippen LogP contribution in [0.15, 0.2) is 37.1 Å². The number of rotatable bonds is 3. The van der Waals surface area contributed by atoms with Crippen molar-refractivity contribution in [2.45, 2.75) is 6.92 Å². The van der Waals surface area contributed by atoms with Crippen molar-refractivity contribution in [1.82, 2.24) is 44.8 Å². The number of anilines is 2. The highest BCUT2D eigenvalue weighted by Crippen LogP contribution is 2.19. The van der Waals surface area contributed by atoms with Crippen LogP contribution in [-0.4, -0.2) is 71.0 Å². The van der Waals surface area contributed by atoms with Crippen molar-refractivity contribution in [3.05, 3.63) is 42.7 Å². The van der Waals surface area contributed by atoms with Crippen molar-refractivity contribution < 1.29 is 0 Å². The van der Waals surface area contributed by atoms with E-state index in [-0.39, 0.29) is 0 Å². The Morgan fingerprint density at radius 1 is 0.963 bits per heavy atom. The molecule has 11 nitrogen and oxygen atoms in total. The van der Waals surface area contributed by atoms with Crippen molar-refractivity contribution in [3.8, 4) is 5.82 Å². The molecule has 0 bridgehead atoms. The van der Waals surface area contributed by atoms with E-state index in [1.54, 1.807) is 27.9 Å². The average molecular weight is 363 g/mol. The summed E-state index contributed by atoms with van der Waals surface area (Å²) in [6.07, 6.45) is 6.93. The molecule has 0 amide bonds. The Kier molecular flexibility index (Phi) is 3.62. The first-order valence-electron chi connectivity index (χ1n) is 8.65. The molecular formula is C16H17N11. The highest BCUT2D eigenvalue weighted by Gasteiger charge is 2.21. The van der Waals surface area contributed by atoms with E-state index in [9.17, 15) is 0 Å². The van der Waals surface area contributed by atoms with Crippen LogP contribution in [0, 0.1) is 6.92 Å². The van der Waals surface area contributed by atoms with Crippen molar-refractivity contribution in [1.29, 1.82) is 0 Å². The van der Waals surface area contributed by atoms with Crippen molar-refractivity contribution in [2.75, 3.05) is 36.0 Å². The molecule has 27 heavy (non-hydrogen) atoms. The molecule has 0 radical (unpaired) electrons. The predicted molar refractivity (Wildman–Crippen MR) is 96.9 cm³/mol. The molecule has 0 saturated carbocycles. The van der Waals surface area contributed by atoms with Crippen LogP contribution in [0.4, 0.5) is 11.6 Å². The van der Waals surface area contributed by atoms with Crippen LogP contribution in [0.5, 0.6) is 0 Å². The number of piperazine rings is 1. The van der Waals surface area contributed by atoms with Crippen LogP contribution in [-0.2, 0) is 0 Å². The highest BCUT2D eigenvalue weighted by atomic mass is 15.5. The summed E-state index contributed by atoms with van der Waals surface area (Å²) in [5, 5.41) is 16.1. The molecule has 5 rings (SSSR count). The van der Waals surface area contributed by atoms with E-state index in [2.05, 4.69) is 45.4 Å². The number of aromatic nitrogens is 9. The summed E-state index contributed by atoms with van der Waals surface area (Å²) in [4.78, 5) is 17.5. The molecule has 0 spiro atoms. The number of hydrogen-bond donors (Lipinski definition) is 0. The smallest absolute Gasteiger partial charge is 0.199 e. The fourth-order valence-corrected chi connectivity index (χ4v) is 3.22. The molecular weight excluding hydrogens is 346 g/mol. The second-order valence-electron chi connectivity index (χ2n) is 6.32. The third kappa shape index (κ3) is 2.82. The highest BCUT2D eigenvalue weighted by molar-refractivity contribution is 5.49. The van der Waals surface area contributed by atoms with E-state index in [0.717, 1.165) is 49.3 Å². The van der Waals surface area contributed by atoms with Gasteiger partial charge in [-0.25, -0.2) is 14.6 Å². The molecule has 1 aliphatic rings. The van der Waals surface area contributed by atoms with Crippen molar-refractivity contribution >= 4 is 17.3 Å². The average Bonchev–Trinajstić information content (AvgIpc) is 3.37. The van der Waals surface area contributed by atoms with Gasteiger partial charge in [-0.3, -0.25) is 4.98 Å². The quantitative estimate of drug-likeness (QED) is 0.502. The Morgan fingerprint density at radius 3 is 2.59 bits per heavy atom. The third-order valence-corrected chi connectivity index (χ3v) is 4.61. The number of fused-ring (bicyclic) bond motifs is 1. The maximum atomic E-state index is 4.44. The summed E-state index contributed by atoms with van der Waals surface area (Å²) in [7, 11) is 0. The van der Waals surface area contributed by atoms with Gasteiger partial charge in [-0.05, 0) is 23.4 Å². The number of aryl methyl sites for hydroxylation is 1. The van der Waals surface area contributed by atoms with Crippen molar-refractivity contribution in [3.63, 3.8) is 0 Å². The van der Waals surface area contributed by atoms with Gasteiger partial charge in [0.2, 0.25) is 0 Å². The lowest BCUT2D eigenvalue weighted by Crippen LogP contribution is -2.47. The standard InChI is InChI=1S/C16H17N11/c1-12-2-3-26(21-12)14-8-13(18-11-19-14)24-4-6-25(7-5-24)16-10-17-9-15-20-22-23-27(15)16/h2-3,8-11H,4-7H2,1H3. The van der Waals surface area contributed by atoms with E-state index >= 15 is 0 Å². The molecule has 0 atom stereocenters. The van der Waals surface area contributed by atoms with Crippen LogP contribution in [0.2, 0.25) is 0 Å². The van der Waals surface area contributed by atoms with Gasteiger partial charge in [0.1, 0.15) is 12.1 Å². The molecule has 5 heterocycles. The van der Waals surface area contributed by atoms with Crippen LogP contribution >= 0.6 is 0 Å². The summed E-state index contributed by atoms with van der Waals surface area (Å²) in [5.41, 5.74) is 1.60. The summed E-state index contributed by atoms with van der Waals surface area (Å²) >= 11 is 0. The summed E-state index contributed by atoms with van der Waals surface area (Å²) in [5.74, 6) is 2.55. The van der Waals surface area contributed by atoms with E-state index in [0.29, 0.717) is 5.65 Å². The molecule has 0 N–H and O–H groups in total. The number of tetrazole rings is 1. The molecule has 136 valence electrons. The molecule has 4 aromatic rings. The van der Waals surface area contributed by atoms with Gasteiger partial charge in [-0.2, -0.15) is 9.61 Å². The fraction of sp³-hybridized carbons (Fsp3) is 0.312. The Balaban J connectivity index is 1.34. The van der Waals surface area contributed by atoms with Crippen LogP contribution in [0.3, 0.4) is 0 Å². The fourth-order valence-electron chi connectivity index (χ4n) is 3.22. The van der Waals surface area contributed by atoms with Gasteiger partial charge in [0.25, 0.3) is 0 Å². The van der Waals surface area contributed by atoms with E-state index < -0.39 is 0 Å². The van der Waals surface area contributed by atoms with Crippen LogP contribution in [0.1, 0.15) is 5.69 Å². The Hall–Kier alpha value is -3.63. The summed E-state index contributed by atoms with van der Waals surface area (Å²) < 4.78 is 3.48. The first-order valence-corrected chi connectivity index (χ1v) is 8.65. The molecule has 1 fully saturated rings. The normalized spacial score (nSPS) is 14.9. The van der Waals surface area contributed by atoms with Crippen LogP contribution < -0.4 is 9.80 Å². The molecule has 4 aromatic heterocycles. The van der Waals surface area contributed by atoms with Gasteiger partial charge in [-0.15, -0.1) is 5.10 Å². The lowest BCUT2D eigenvalue weighted by molar-refractivity contribution is 0.629. The van der Waals surface area contributed by atoms with Gasteiger partial charge < -0.3 is 9.80 Å². The van der Waals surface area contributed by atoms with Gasteiger partial charge in [0.15, 0.2) is 17.3 Å². The zero-order valence-corrected chi connectivity index (χ0v) is 14.7. The zero-order chi connectivity index (χ0) is 18.2. The first-order chi connectivity index (χ1) is 13.3. The minimum atomic E-state index is 0.643. The minimum Gasteiger partial charge on any atom is -0.353 e. The third-order valence-electron chi connectivity index (χ3n) is 4.61. The summed E-state index contributed by atoms with van der Waals surface area (Å²) in [6, 6.07) is 3.92. The molecule has 0 aliphatic carbocycles. The summed E-state index contributed by atoms with van der Waals surface area (Å²) in [6.45, 7) is 5.25. The SMILES string of the molecule is Cc1ccn(-c2cc(N3CCN(c4cncc5nnnn45)CC3)ncn2)n1. The Labute approximate surface area is 154 Å². The molecule has 11 heteroatoms. The van der Waals surface area contributed by atoms with E-state index in [1.165, 1.54) is 0 Å². The lowest BCUT2D eigenvalue weighted by Gasteiger charge is -2.36. The maximum Gasteiger partial charge on any atom is 0.199 e. The molecule has 0 unspecified atom stereocenters. The minimum absolute atomic E-state index is 0.643. The lowest BCUT2D eigenvalue weighted by atomic mass is 10.3.